The number of hydrogen-bond acceptors (Lipinski definition) is 6. The van der Waals surface area contributed by atoms with E-state index in [-0.39, 0.29) is 5.91 Å². The maximum absolute atomic E-state index is 11.7. The molecule has 1 amide bonds. The summed E-state index contributed by atoms with van der Waals surface area (Å²) in [7, 11) is 0. The number of anilines is 5. The van der Waals surface area contributed by atoms with Gasteiger partial charge in [-0.05, 0) is 79.7 Å². The predicted octanol–water partition coefficient (Wildman–Crippen LogP) is 6.39. The van der Waals surface area contributed by atoms with Gasteiger partial charge in [0.15, 0.2) is 0 Å². The highest BCUT2D eigenvalue weighted by Crippen LogP contribution is 2.29. The summed E-state index contributed by atoms with van der Waals surface area (Å²) in [4.78, 5) is 21.1. The van der Waals surface area contributed by atoms with E-state index in [4.69, 9.17) is 16.6 Å². The molecule has 0 bridgehead atoms. The Labute approximate surface area is 212 Å². The molecular weight excluding hydrogens is 474 g/mol. The third-order valence-corrected chi connectivity index (χ3v) is 5.67. The van der Waals surface area contributed by atoms with Crippen molar-refractivity contribution in [3.63, 3.8) is 0 Å². The normalized spacial score (nSPS) is 10.7. The van der Waals surface area contributed by atoms with E-state index in [2.05, 4.69) is 32.6 Å². The molecule has 5 aromatic rings. The molecule has 0 aliphatic carbocycles. The van der Waals surface area contributed by atoms with Crippen LogP contribution in [0, 0.1) is 6.92 Å². The Bertz CT molecular complexity index is 1580. The van der Waals surface area contributed by atoms with Crippen molar-refractivity contribution in [2.75, 3.05) is 16.0 Å². The van der Waals surface area contributed by atoms with Crippen molar-refractivity contribution >= 4 is 57.2 Å². The lowest BCUT2D eigenvalue weighted by molar-refractivity contribution is -0.111. The summed E-state index contributed by atoms with van der Waals surface area (Å²) in [6, 6.07) is 22.6. The van der Waals surface area contributed by atoms with E-state index >= 15 is 0 Å². The molecule has 0 spiro atoms. The van der Waals surface area contributed by atoms with Crippen molar-refractivity contribution in [2.24, 2.45) is 0 Å². The molecule has 3 N–H and O–H groups in total. The molecule has 5 rings (SSSR count). The molecule has 0 aliphatic heterocycles. The molecule has 0 saturated heterocycles. The van der Waals surface area contributed by atoms with Gasteiger partial charge in [0.05, 0.1) is 11.2 Å². The molecule has 2 aromatic heterocycles. The van der Waals surface area contributed by atoms with Gasteiger partial charge in [-0.1, -0.05) is 24.2 Å². The molecule has 9 heteroatoms. The van der Waals surface area contributed by atoms with Crippen molar-refractivity contribution < 1.29 is 4.79 Å². The van der Waals surface area contributed by atoms with Crippen molar-refractivity contribution in [1.29, 1.82) is 0 Å². The first-order valence-electron chi connectivity index (χ1n) is 11.1. The van der Waals surface area contributed by atoms with Gasteiger partial charge in [0.2, 0.25) is 11.9 Å². The van der Waals surface area contributed by atoms with Crippen LogP contribution >= 0.6 is 11.6 Å². The standard InChI is InChI=1S/C27H22ClN7O/c1-3-25(36)30-20-5-4-6-21(16-20)31-26-23-15-18(28)7-12-24(23)33-27(34-26)32-19-8-10-22(11-9-19)35-17(2)13-14-29-35/h3-16H,1H2,2H3,(H,30,36)(H2,31,32,33,34). The Kier molecular flexibility index (Phi) is 6.34. The smallest absolute Gasteiger partial charge is 0.247 e. The van der Waals surface area contributed by atoms with Crippen molar-refractivity contribution in [3.8, 4) is 5.69 Å². The number of carbonyl (C=O) groups is 1. The average molecular weight is 496 g/mol. The molecule has 36 heavy (non-hydrogen) atoms. The van der Waals surface area contributed by atoms with Crippen LogP contribution in [0.15, 0.2) is 91.6 Å². The number of halogens is 1. The Morgan fingerprint density at radius 1 is 0.944 bits per heavy atom. The maximum Gasteiger partial charge on any atom is 0.247 e. The number of nitrogens with one attached hydrogen (secondary N) is 3. The number of fused-ring (bicyclic) bond motifs is 1. The van der Waals surface area contributed by atoms with Gasteiger partial charge in [0, 0.05) is 39.4 Å². The van der Waals surface area contributed by atoms with Crippen LogP contribution in [0.3, 0.4) is 0 Å². The fourth-order valence-corrected chi connectivity index (χ4v) is 3.88. The minimum absolute atomic E-state index is 0.286. The quantitative estimate of drug-likeness (QED) is 0.226. The molecule has 2 heterocycles. The fourth-order valence-electron chi connectivity index (χ4n) is 3.71. The number of rotatable bonds is 7. The summed E-state index contributed by atoms with van der Waals surface area (Å²) in [5.74, 6) is 0.707. The van der Waals surface area contributed by atoms with Crippen LogP contribution in [-0.2, 0) is 4.79 Å². The minimum Gasteiger partial charge on any atom is -0.339 e. The van der Waals surface area contributed by atoms with Gasteiger partial charge in [-0.15, -0.1) is 0 Å². The average Bonchev–Trinajstić information content (AvgIpc) is 3.31. The maximum atomic E-state index is 11.7. The third kappa shape index (κ3) is 5.03. The Morgan fingerprint density at radius 3 is 2.50 bits per heavy atom. The van der Waals surface area contributed by atoms with Crippen LogP contribution in [0.1, 0.15) is 5.69 Å². The molecule has 0 saturated carbocycles. The minimum atomic E-state index is -0.286. The number of benzene rings is 3. The number of aryl methyl sites for hydroxylation is 1. The number of amides is 1. The fraction of sp³-hybridized carbons (Fsp3) is 0.0370. The van der Waals surface area contributed by atoms with E-state index < -0.39 is 0 Å². The predicted molar refractivity (Wildman–Crippen MR) is 145 cm³/mol. The van der Waals surface area contributed by atoms with Crippen molar-refractivity contribution in [3.05, 3.63) is 102 Å². The summed E-state index contributed by atoms with van der Waals surface area (Å²) in [6.45, 7) is 5.49. The molecule has 178 valence electrons. The van der Waals surface area contributed by atoms with E-state index in [0.29, 0.717) is 22.5 Å². The second-order valence-corrected chi connectivity index (χ2v) is 8.45. The second kappa shape index (κ2) is 9.89. The zero-order valence-electron chi connectivity index (χ0n) is 19.4. The molecule has 0 aliphatic rings. The third-order valence-electron chi connectivity index (χ3n) is 5.44. The number of carbonyl (C=O) groups excluding carboxylic acids is 1. The van der Waals surface area contributed by atoms with E-state index in [0.717, 1.165) is 33.7 Å². The first-order valence-corrected chi connectivity index (χ1v) is 11.5. The summed E-state index contributed by atoms with van der Waals surface area (Å²) < 4.78 is 1.87. The van der Waals surface area contributed by atoms with Crippen molar-refractivity contribution in [2.45, 2.75) is 6.92 Å². The Morgan fingerprint density at radius 2 is 1.75 bits per heavy atom. The van der Waals surface area contributed by atoms with Crippen LogP contribution in [0.25, 0.3) is 16.6 Å². The highest BCUT2D eigenvalue weighted by molar-refractivity contribution is 6.31. The van der Waals surface area contributed by atoms with E-state index in [9.17, 15) is 4.79 Å². The van der Waals surface area contributed by atoms with Crippen LogP contribution in [0.2, 0.25) is 5.02 Å². The Hall–Kier alpha value is -4.69. The number of hydrogen-bond donors (Lipinski definition) is 3. The van der Waals surface area contributed by atoms with Gasteiger partial charge >= 0.3 is 0 Å². The van der Waals surface area contributed by atoms with E-state index in [1.54, 1.807) is 18.3 Å². The summed E-state index contributed by atoms with van der Waals surface area (Å²) >= 11 is 6.27. The lowest BCUT2D eigenvalue weighted by atomic mass is 10.2. The highest BCUT2D eigenvalue weighted by Gasteiger charge is 2.11. The van der Waals surface area contributed by atoms with E-state index in [1.807, 2.05) is 72.3 Å². The number of aromatic nitrogens is 4. The summed E-state index contributed by atoms with van der Waals surface area (Å²) in [5.41, 5.74) is 4.93. The second-order valence-electron chi connectivity index (χ2n) is 8.01. The first-order chi connectivity index (χ1) is 17.5. The first kappa shape index (κ1) is 23.1. The molecule has 8 nitrogen and oxygen atoms in total. The SMILES string of the molecule is C=CC(=O)Nc1cccc(Nc2nc(Nc3ccc(-n4nccc4C)cc3)nc3ccc(Cl)cc23)c1. The summed E-state index contributed by atoms with van der Waals surface area (Å²) in [6.07, 6.45) is 3.00. The van der Waals surface area contributed by atoms with E-state index in [1.165, 1.54) is 6.08 Å². The number of nitrogens with zero attached hydrogens (tertiary/aromatic N) is 4. The molecule has 0 fully saturated rings. The molecule has 0 atom stereocenters. The zero-order valence-corrected chi connectivity index (χ0v) is 20.1. The van der Waals surface area contributed by atoms with Crippen LogP contribution < -0.4 is 16.0 Å². The van der Waals surface area contributed by atoms with Crippen molar-refractivity contribution in [1.82, 2.24) is 19.7 Å². The molecule has 0 radical (unpaired) electrons. The summed E-state index contributed by atoms with van der Waals surface area (Å²) in [5, 5.41) is 15.0. The highest BCUT2D eigenvalue weighted by atomic mass is 35.5. The van der Waals surface area contributed by atoms with Gasteiger partial charge in [-0.25, -0.2) is 9.67 Å². The van der Waals surface area contributed by atoms with Crippen LogP contribution in [0.5, 0.6) is 0 Å². The topological polar surface area (TPSA) is 96.8 Å². The van der Waals surface area contributed by atoms with Gasteiger partial charge in [0.1, 0.15) is 5.82 Å². The van der Waals surface area contributed by atoms with Crippen LogP contribution in [-0.4, -0.2) is 25.7 Å². The van der Waals surface area contributed by atoms with Gasteiger partial charge < -0.3 is 16.0 Å². The monoisotopic (exact) mass is 495 g/mol. The molecule has 0 unspecified atom stereocenters. The lowest BCUT2D eigenvalue weighted by Gasteiger charge is -2.13. The zero-order chi connectivity index (χ0) is 25.1. The molecular formula is C27H22ClN7O. The Balaban J connectivity index is 1.45. The molecule has 3 aromatic carbocycles. The van der Waals surface area contributed by atoms with Gasteiger partial charge in [0.25, 0.3) is 0 Å². The van der Waals surface area contributed by atoms with Gasteiger partial charge in [-0.2, -0.15) is 10.1 Å². The lowest BCUT2D eigenvalue weighted by Crippen LogP contribution is -2.07. The van der Waals surface area contributed by atoms with Gasteiger partial charge in [-0.3, -0.25) is 4.79 Å². The largest absolute Gasteiger partial charge is 0.339 e. The van der Waals surface area contributed by atoms with Crippen LogP contribution in [0.4, 0.5) is 28.8 Å².